The van der Waals surface area contributed by atoms with Gasteiger partial charge in [0.05, 0.1) is 18.8 Å². The standard InChI is InChI=1S/C20H24N4O2/c1-12-10-23(4)19(21-12)18-11-24(7-8-26-18)20(25)15-5-6-17-16(9-15)13(2)14(3)22-17/h5-6,9-10,18,22H,7-8,11H2,1-4H3. The van der Waals surface area contributed by atoms with Crippen molar-refractivity contribution in [1.29, 1.82) is 0 Å². The molecule has 1 aromatic carbocycles. The number of ether oxygens (including phenoxy) is 1. The van der Waals surface area contributed by atoms with Crippen LogP contribution < -0.4 is 0 Å². The second-order valence-corrected chi connectivity index (χ2v) is 7.10. The predicted molar refractivity (Wildman–Crippen MR) is 100 cm³/mol. The third kappa shape index (κ3) is 2.80. The van der Waals surface area contributed by atoms with Crippen molar-refractivity contribution in [2.24, 2.45) is 7.05 Å². The van der Waals surface area contributed by atoms with E-state index in [1.54, 1.807) is 0 Å². The summed E-state index contributed by atoms with van der Waals surface area (Å²) in [5.41, 5.74) is 5.08. The smallest absolute Gasteiger partial charge is 0.254 e. The molecule has 4 rings (SSSR count). The lowest BCUT2D eigenvalue weighted by molar-refractivity contribution is -0.0279. The van der Waals surface area contributed by atoms with E-state index in [-0.39, 0.29) is 12.0 Å². The summed E-state index contributed by atoms with van der Waals surface area (Å²) in [5.74, 6) is 0.914. The van der Waals surface area contributed by atoms with E-state index in [2.05, 4.69) is 23.8 Å². The van der Waals surface area contributed by atoms with E-state index < -0.39 is 0 Å². The Morgan fingerprint density at radius 1 is 1.31 bits per heavy atom. The summed E-state index contributed by atoms with van der Waals surface area (Å²) in [6, 6.07) is 5.88. The number of hydrogen-bond acceptors (Lipinski definition) is 3. The Bertz CT molecular complexity index is 985. The van der Waals surface area contributed by atoms with Crippen molar-refractivity contribution >= 4 is 16.8 Å². The van der Waals surface area contributed by atoms with Gasteiger partial charge in [-0.2, -0.15) is 0 Å². The Kier molecular flexibility index (Phi) is 4.07. The average molecular weight is 352 g/mol. The molecule has 0 radical (unpaired) electrons. The molecule has 26 heavy (non-hydrogen) atoms. The van der Waals surface area contributed by atoms with Crippen LogP contribution in [0.5, 0.6) is 0 Å². The molecule has 6 heteroatoms. The highest BCUT2D eigenvalue weighted by atomic mass is 16.5. The molecule has 1 aliphatic rings. The molecule has 0 bridgehead atoms. The summed E-state index contributed by atoms with van der Waals surface area (Å²) in [4.78, 5) is 22.8. The van der Waals surface area contributed by atoms with Crippen molar-refractivity contribution in [3.63, 3.8) is 0 Å². The normalized spacial score (nSPS) is 17.8. The van der Waals surface area contributed by atoms with Gasteiger partial charge in [0.1, 0.15) is 11.9 Å². The van der Waals surface area contributed by atoms with Crippen LogP contribution >= 0.6 is 0 Å². The summed E-state index contributed by atoms with van der Waals surface area (Å²) in [7, 11) is 1.96. The molecule has 6 nitrogen and oxygen atoms in total. The van der Waals surface area contributed by atoms with E-state index in [1.807, 2.05) is 47.8 Å². The molecule has 136 valence electrons. The average Bonchev–Trinajstić information content (AvgIpc) is 3.12. The van der Waals surface area contributed by atoms with Crippen molar-refractivity contribution in [2.75, 3.05) is 19.7 Å². The molecule has 0 aliphatic carbocycles. The Labute approximate surface area is 152 Å². The van der Waals surface area contributed by atoms with Gasteiger partial charge >= 0.3 is 0 Å². The molecule has 0 saturated carbocycles. The zero-order valence-electron chi connectivity index (χ0n) is 15.7. The highest BCUT2D eigenvalue weighted by molar-refractivity contribution is 5.99. The van der Waals surface area contributed by atoms with Gasteiger partial charge in [0.25, 0.3) is 5.91 Å². The minimum absolute atomic E-state index is 0.0457. The minimum atomic E-state index is -0.189. The van der Waals surface area contributed by atoms with E-state index in [4.69, 9.17) is 4.74 Å². The van der Waals surface area contributed by atoms with Gasteiger partial charge in [0.2, 0.25) is 0 Å². The number of hydrogen-bond donors (Lipinski definition) is 1. The molecular weight excluding hydrogens is 328 g/mol. The molecule has 1 unspecified atom stereocenters. The maximum Gasteiger partial charge on any atom is 0.254 e. The molecule has 1 amide bonds. The SMILES string of the molecule is Cc1cn(C)c(C2CN(C(=O)c3ccc4[nH]c(C)c(C)c4c3)CCO2)n1. The number of benzene rings is 1. The Balaban J connectivity index is 1.59. The number of amides is 1. The molecule has 3 aromatic rings. The van der Waals surface area contributed by atoms with Crippen LogP contribution in [0.2, 0.25) is 0 Å². The molecule has 2 aromatic heterocycles. The topological polar surface area (TPSA) is 63.2 Å². The summed E-state index contributed by atoms with van der Waals surface area (Å²) < 4.78 is 7.86. The second kappa shape index (κ2) is 6.29. The van der Waals surface area contributed by atoms with Gasteiger partial charge < -0.3 is 19.2 Å². The first-order valence-corrected chi connectivity index (χ1v) is 8.93. The Morgan fingerprint density at radius 3 is 2.85 bits per heavy atom. The van der Waals surface area contributed by atoms with Crippen LogP contribution in [0.25, 0.3) is 10.9 Å². The monoisotopic (exact) mass is 352 g/mol. The van der Waals surface area contributed by atoms with E-state index in [0.29, 0.717) is 19.7 Å². The zero-order valence-corrected chi connectivity index (χ0v) is 15.7. The van der Waals surface area contributed by atoms with Gasteiger partial charge in [0, 0.05) is 41.9 Å². The zero-order chi connectivity index (χ0) is 18.4. The van der Waals surface area contributed by atoms with E-state index >= 15 is 0 Å². The van der Waals surface area contributed by atoms with Gasteiger partial charge in [-0.05, 0) is 44.5 Å². The van der Waals surface area contributed by atoms with Gasteiger partial charge in [0.15, 0.2) is 0 Å². The number of carbonyl (C=O) groups excluding carboxylic acids is 1. The van der Waals surface area contributed by atoms with Crippen LogP contribution in [-0.2, 0) is 11.8 Å². The fraction of sp³-hybridized carbons (Fsp3) is 0.400. The number of aromatic nitrogens is 3. The number of morpholine rings is 1. The maximum atomic E-state index is 13.1. The number of fused-ring (bicyclic) bond motifs is 1. The van der Waals surface area contributed by atoms with Crippen LogP contribution in [0.15, 0.2) is 24.4 Å². The van der Waals surface area contributed by atoms with Crippen molar-refractivity contribution in [2.45, 2.75) is 26.9 Å². The first-order chi connectivity index (χ1) is 12.4. The number of carbonyl (C=O) groups is 1. The lowest BCUT2D eigenvalue weighted by Gasteiger charge is -2.32. The van der Waals surface area contributed by atoms with Crippen LogP contribution in [-0.4, -0.2) is 45.0 Å². The fourth-order valence-electron chi connectivity index (χ4n) is 3.70. The highest BCUT2D eigenvalue weighted by Gasteiger charge is 2.29. The molecular formula is C20H24N4O2. The largest absolute Gasteiger partial charge is 0.367 e. The van der Waals surface area contributed by atoms with Gasteiger partial charge in [-0.15, -0.1) is 0 Å². The lowest BCUT2D eigenvalue weighted by atomic mass is 10.1. The van der Waals surface area contributed by atoms with Gasteiger partial charge in [-0.3, -0.25) is 4.79 Å². The van der Waals surface area contributed by atoms with Crippen molar-refractivity contribution < 1.29 is 9.53 Å². The molecule has 0 spiro atoms. The van der Waals surface area contributed by atoms with Crippen molar-refractivity contribution in [3.05, 3.63) is 52.7 Å². The number of rotatable bonds is 2. The van der Waals surface area contributed by atoms with E-state index in [0.717, 1.165) is 33.7 Å². The number of nitrogens with one attached hydrogen (secondary N) is 1. The molecule has 1 aliphatic heterocycles. The van der Waals surface area contributed by atoms with E-state index in [9.17, 15) is 4.79 Å². The highest BCUT2D eigenvalue weighted by Crippen LogP contribution is 2.25. The number of aromatic amines is 1. The first kappa shape index (κ1) is 16.8. The summed E-state index contributed by atoms with van der Waals surface area (Å²) in [6.07, 6.45) is 1.79. The first-order valence-electron chi connectivity index (χ1n) is 8.93. The Hall–Kier alpha value is -2.60. The molecule has 1 atom stereocenters. The van der Waals surface area contributed by atoms with Crippen LogP contribution in [0.1, 0.15) is 39.2 Å². The van der Waals surface area contributed by atoms with Crippen LogP contribution in [0, 0.1) is 20.8 Å². The van der Waals surface area contributed by atoms with Crippen LogP contribution in [0.4, 0.5) is 0 Å². The molecule has 1 saturated heterocycles. The number of imidazole rings is 1. The van der Waals surface area contributed by atoms with Gasteiger partial charge in [-0.1, -0.05) is 0 Å². The quantitative estimate of drug-likeness (QED) is 0.771. The molecule has 1 fully saturated rings. The summed E-state index contributed by atoms with van der Waals surface area (Å²) in [6.45, 7) is 7.74. The fourth-order valence-corrected chi connectivity index (χ4v) is 3.70. The minimum Gasteiger partial charge on any atom is -0.367 e. The number of nitrogens with zero attached hydrogens (tertiary/aromatic N) is 3. The summed E-state index contributed by atoms with van der Waals surface area (Å²) in [5, 5.41) is 1.11. The third-order valence-electron chi connectivity index (χ3n) is 5.23. The Morgan fingerprint density at radius 2 is 2.12 bits per heavy atom. The summed E-state index contributed by atoms with van der Waals surface area (Å²) >= 11 is 0. The molecule has 3 heterocycles. The van der Waals surface area contributed by atoms with Crippen LogP contribution in [0.3, 0.4) is 0 Å². The van der Waals surface area contributed by atoms with E-state index in [1.165, 1.54) is 5.56 Å². The number of H-pyrrole nitrogens is 1. The maximum absolute atomic E-state index is 13.1. The predicted octanol–water partition coefficient (Wildman–Crippen LogP) is 3.04. The lowest BCUT2D eigenvalue weighted by Crippen LogP contribution is -2.42. The third-order valence-corrected chi connectivity index (χ3v) is 5.23. The number of aryl methyl sites for hydroxylation is 4. The van der Waals surface area contributed by atoms with Crippen molar-refractivity contribution in [3.8, 4) is 0 Å². The molecule has 1 N–H and O–H groups in total. The van der Waals surface area contributed by atoms with Crippen molar-refractivity contribution in [1.82, 2.24) is 19.4 Å². The second-order valence-electron chi connectivity index (χ2n) is 7.10. The van der Waals surface area contributed by atoms with Gasteiger partial charge in [-0.25, -0.2) is 4.98 Å².